The molecule has 1 atom stereocenters. The van der Waals surface area contributed by atoms with Crippen molar-refractivity contribution in [2.45, 2.75) is 19.2 Å². The first-order chi connectivity index (χ1) is 9.04. The first-order valence-electron chi connectivity index (χ1n) is 5.88. The van der Waals surface area contributed by atoms with Gasteiger partial charge in [0.15, 0.2) is 5.58 Å². The Balaban J connectivity index is 2.05. The quantitative estimate of drug-likeness (QED) is 0.722. The molecule has 5 heteroatoms. The van der Waals surface area contributed by atoms with Crippen LogP contribution in [0.5, 0.6) is 0 Å². The summed E-state index contributed by atoms with van der Waals surface area (Å²) in [6, 6.07) is 7.65. The Bertz CT molecular complexity index is 780. The fraction of sp³-hybridized carbons (Fsp3) is 0.214. The number of alkyl halides is 1. The van der Waals surface area contributed by atoms with Gasteiger partial charge in [-0.3, -0.25) is 4.98 Å². The molecule has 0 bridgehead atoms. The van der Waals surface area contributed by atoms with Crippen molar-refractivity contribution in [3.05, 3.63) is 55.7 Å². The first kappa shape index (κ1) is 12.5. The second kappa shape index (κ2) is 4.54. The van der Waals surface area contributed by atoms with Crippen molar-refractivity contribution < 1.29 is 4.42 Å². The highest BCUT2D eigenvalue weighted by Gasteiger charge is 2.15. The minimum absolute atomic E-state index is 0.220. The Hall–Kier alpha value is -1.52. The van der Waals surface area contributed by atoms with Crippen LogP contribution in [0.4, 0.5) is 0 Å². The fourth-order valence-electron chi connectivity index (χ4n) is 2.01. The van der Waals surface area contributed by atoms with Crippen LogP contribution < -0.4 is 5.76 Å². The van der Waals surface area contributed by atoms with E-state index >= 15 is 0 Å². The van der Waals surface area contributed by atoms with Gasteiger partial charge >= 0.3 is 5.76 Å². The van der Waals surface area contributed by atoms with Crippen LogP contribution in [0, 0.1) is 13.8 Å². The second-order valence-electron chi connectivity index (χ2n) is 4.52. The molecular formula is C14H12ClNO2S. The maximum Gasteiger partial charge on any atom is 0.417 e. The van der Waals surface area contributed by atoms with Gasteiger partial charge in [-0.15, -0.1) is 22.9 Å². The number of hydrogen-bond acceptors (Lipinski definition) is 3. The van der Waals surface area contributed by atoms with Gasteiger partial charge in [0.1, 0.15) is 0 Å². The smallest absolute Gasteiger partial charge is 0.408 e. The van der Waals surface area contributed by atoms with Crippen LogP contribution in [-0.2, 0) is 0 Å². The third kappa shape index (κ3) is 2.22. The largest absolute Gasteiger partial charge is 0.417 e. The molecule has 0 fully saturated rings. The second-order valence-corrected chi connectivity index (χ2v) is 6.24. The summed E-state index contributed by atoms with van der Waals surface area (Å²) in [5.74, 6) is -0.443. The summed E-state index contributed by atoms with van der Waals surface area (Å²) in [6.07, 6.45) is 0. The molecule has 1 unspecified atom stereocenters. The number of aryl methyl sites for hydroxylation is 2. The topological polar surface area (TPSA) is 46.0 Å². The molecule has 98 valence electrons. The van der Waals surface area contributed by atoms with E-state index in [-0.39, 0.29) is 5.38 Å². The van der Waals surface area contributed by atoms with Gasteiger partial charge in [-0.1, -0.05) is 6.07 Å². The Kier molecular flexibility index (Phi) is 2.99. The van der Waals surface area contributed by atoms with E-state index in [0.717, 1.165) is 10.4 Å². The highest BCUT2D eigenvalue weighted by molar-refractivity contribution is 7.12. The standard InChI is InChI=1S/C14H12ClNO2S/c1-7-5-12(19-8(7)2)13(15)9-3-4-10-11(6-9)18-14(17)16-10/h3-6,13H,1-2H3,(H,16,17). The molecule has 0 aliphatic heterocycles. The minimum atomic E-state index is -0.443. The molecule has 0 spiro atoms. The lowest BCUT2D eigenvalue weighted by Crippen LogP contribution is -1.92. The van der Waals surface area contributed by atoms with Crippen molar-refractivity contribution in [1.82, 2.24) is 4.98 Å². The van der Waals surface area contributed by atoms with E-state index in [2.05, 4.69) is 24.9 Å². The molecular weight excluding hydrogens is 282 g/mol. The summed E-state index contributed by atoms with van der Waals surface area (Å²) in [4.78, 5) is 16.1. The number of H-pyrrole nitrogens is 1. The fourth-order valence-corrected chi connectivity index (χ4v) is 3.39. The van der Waals surface area contributed by atoms with Crippen LogP contribution in [0.3, 0.4) is 0 Å². The highest BCUT2D eigenvalue weighted by Crippen LogP contribution is 2.36. The molecule has 0 aliphatic carbocycles. The zero-order valence-corrected chi connectivity index (χ0v) is 12.1. The Morgan fingerprint density at radius 1 is 1.32 bits per heavy atom. The van der Waals surface area contributed by atoms with Crippen molar-refractivity contribution in [2.24, 2.45) is 0 Å². The van der Waals surface area contributed by atoms with Crippen LogP contribution in [-0.4, -0.2) is 4.98 Å². The number of halogens is 1. The number of aromatic nitrogens is 1. The average Bonchev–Trinajstić information content (AvgIpc) is 2.90. The normalized spacial score (nSPS) is 13.0. The number of rotatable bonds is 2. The molecule has 3 aromatic rings. The molecule has 1 aromatic carbocycles. The van der Waals surface area contributed by atoms with Crippen molar-refractivity contribution in [1.29, 1.82) is 0 Å². The van der Waals surface area contributed by atoms with Gasteiger partial charge < -0.3 is 4.42 Å². The van der Waals surface area contributed by atoms with Gasteiger partial charge in [0.05, 0.1) is 10.9 Å². The summed E-state index contributed by atoms with van der Waals surface area (Å²) in [7, 11) is 0. The summed E-state index contributed by atoms with van der Waals surface area (Å²) in [6.45, 7) is 4.16. The predicted molar refractivity (Wildman–Crippen MR) is 78.3 cm³/mol. The molecule has 0 aliphatic rings. The molecule has 2 aromatic heterocycles. The molecule has 3 nitrogen and oxygen atoms in total. The van der Waals surface area contributed by atoms with E-state index in [0.29, 0.717) is 11.1 Å². The monoisotopic (exact) mass is 293 g/mol. The van der Waals surface area contributed by atoms with Crippen molar-refractivity contribution in [2.75, 3.05) is 0 Å². The molecule has 0 saturated heterocycles. The first-order valence-corrected chi connectivity index (χ1v) is 7.13. The molecule has 1 N–H and O–H groups in total. The number of benzene rings is 1. The summed E-state index contributed by atoms with van der Waals surface area (Å²) < 4.78 is 5.06. The lowest BCUT2D eigenvalue weighted by molar-refractivity contribution is 0.555. The lowest BCUT2D eigenvalue weighted by Gasteiger charge is -2.07. The third-order valence-corrected chi connectivity index (χ3v) is 5.01. The maximum atomic E-state index is 11.1. The van der Waals surface area contributed by atoms with Crippen LogP contribution in [0.2, 0.25) is 0 Å². The number of thiophene rings is 1. The van der Waals surface area contributed by atoms with Crippen LogP contribution in [0.1, 0.15) is 26.3 Å². The number of fused-ring (bicyclic) bond motifs is 1. The average molecular weight is 294 g/mol. The van der Waals surface area contributed by atoms with Crippen molar-refractivity contribution >= 4 is 34.0 Å². The number of nitrogens with one attached hydrogen (secondary N) is 1. The minimum Gasteiger partial charge on any atom is -0.408 e. The summed E-state index contributed by atoms with van der Waals surface area (Å²) in [5.41, 5.74) is 3.41. The summed E-state index contributed by atoms with van der Waals surface area (Å²) in [5, 5.41) is -0.220. The van der Waals surface area contributed by atoms with Gasteiger partial charge in [-0.05, 0) is 43.2 Å². The highest BCUT2D eigenvalue weighted by atomic mass is 35.5. The van der Waals surface area contributed by atoms with Crippen LogP contribution in [0.15, 0.2) is 33.5 Å². The van der Waals surface area contributed by atoms with Gasteiger partial charge in [0.2, 0.25) is 0 Å². The molecule has 0 amide bonds. The van der Waals surface area contributed by atoms with Gasteiger partial charge in [-0.2, -0.15) is 0 Å². The molecule has 0 radical (unpaired) electrons. The number of hydrogen-bond donors (Lipinski definition) is 1. The number of oxazole rings is 1. The predicted octanol–water partition coefficient (Wildman–Crippen LogP) is 4.13. The molecule has 19 heavy (non-hydrogen) atoms. The Morgan fingerprint density at radius 3 is 2.79 bits per heavy atom. The number of aromatic amines is 1. The van der Waals surface area contributed by atoms with Crippen LogP contribution in [0.25, 0.3) is 11.1 Å². The van der Waals surface area contributed by atoms with Crippen LogP contribution >= 0.6 is 22.9 Å². The van der Waals surface area contributed by atoms with E-state index < -0.39 is 5.76 Å². The van der Waals surface area contributed by atoms with E-state index in [1.54, 1.807) is 11.3 Å². The van der Waals surface area contributed by atoms with Crippen molar-refractivity contribution in [3.63, 3.8) is 0 Å². The van der Waals surface area contributed by atoms with Gasteiger partial charge in [0, 0.05) is 9.75 Å². The third-order valence-electron chi connectivity index (χ3n) is 3.17. The Labute approximate surface area is 118 Å². The van der Waals surface area contributed by atoms with Crippen molar-refractivity contribution in [3.8, 4) is 0 Å². The Morgan fingerprint density at radius 2 is 2.11 bits per heavy atom. The maximum absolute atomic E-state index is 11.1. The lowest BCUT2D eigenvalue weighted by atomic mass is 10.1. The van der Waals surface area contributed by atoms with Gasteiger partial charge in [-0.25, -0.2) is 4.79 Å². The SMILES string of the molecule is Cc1cc(C(Cl)c2ccc3[nH]c(=O)oc3c2)sc1C. The van der Waals surface area contributed by atoms with E-state index in [9.17, 15) is 4.79 Å². The molecule has 3 rings (SSSR count). The van der Waals surface area contributed by atoms with Gasteiger partial charge in [0.25, 0.3) is 0 Å². The van der Waals surface area contributed by atoms with E-state index in [1.165, 1.54) is 10.4 Å². The summed E-state index contributed by atoms with van der Waals surface area (Å²) >= 11 is 8.20. The zero-order chi connectivity index (χ0) is 13.6. The zero-order valence-electron chi connectivity index (χ0n) is 10.5. The molecule has 0 saturated carbocycles. The van der Waals surface area contributed by atoms with E-state index in [1.807, 2.05) is 18.2 Å². The molecule has 2 heterocycles. The van der Waals surface area contributed by atoms with E-state index in [4.69, 9.17) is 16.0 Å².